The Labute approximate surface area is 237 Å². The minimum absolute atomic E-state index is 0.0286. The van der Waals surface area contributed by atoms with Gasteiger partial charge in [0.1, 0.15) is 23.7 Å². The van der Waals surface area contributed by atoms with Gasteiger partial charge in [0.2, 0.25) is 0 Å². The van der Waals surface area contributed by atoms with Crippen LogP contribution in [0.4, 0.5) is 0 Å². The molecule has 0 radical (unpaired) electrons. The van der Waals surface area contributed by atoms with Crippen LogP contribution >= 0.6 is 11.3 Å². The van der Waals surface area contributed by atoms with Gasteiger partial charge in [-0.1, -0.05) is 12.1 Å². The van der Waals surface area contributed by atoms with Crippen LogP contribution < -0.4 is 9.47 Å². The second kappa shape index (κ2) is 11.7. The molecule has 8 heteroatoms. The molecule has 7 nitrogen and oxygen atoms in total. The van der Waals surface area contributed by atoms with Gasteiger partial charge < -0.3 is 19.1 Å². The van der Waals surface area contributed by atoms with E-state index in [-0.39, 0.29) is 12.0 Å². The fraction of sp³-hybridized carbons (Fsp3) is 0.344. The third-order valence-electron chi connectivity index (χ3n) is 7.64. The van der Waals surface area contributed by atoms with Crippen molar-refractivity contribution in [2.75, 3.05) is 33.4 Å². The van der Waals surface area contributed by atoms with E-state index in [4.69, 9.17) is 14.2 Å². The topological polar surface area (TPSA) is 84.7 Å². The molecule has 2 aliphatic heterocycles. The van der Waals surface area contributed by atoms with E-state index in [0.29, 0.717) is 35.8 Å². The van der Waals surface area contributed by atoms with Crippen molar-refractivity contribution < 1.29 is 19.0 Å². The maximum Gasteiger partial charge on any atom is 0.257 e. The fourth-order valence-corrected chi connectivity index (χ4v) is 6.60. The smallest absolute Gasteiger partial charge is 0.257 e. The summed E-state index contributed by atoms with van der Waals surface area (Å²) in [6, 6.07) is 18.0. The maximum absolute atomic E-state index is 13.2. The summed E-state index contributed by atoms with van der Waals surface area (Å²) in [6.07, 6.45) is 6.79. The summed E-state index contributed by atoms with van der Waals surface area (Å²) in [4.78, 5) is 20.7. The largest absolute Gasteiger partial charge is 0.496 e. The zero-order chi connectivity index (χ0) is 27.5. The lowest BCUT2D eigenvalue weighted by Gasteiger charge is -2.27. The Morgan fingerprint density at radius 2 is 1.82 bits per heavy atom. The van der Waals surface area contributed by atoms with E-state index < -0.39 is 0 Å². The van der Waals surface area contributed by atoms with Crippen molar-refractivity contribution in [1.29, 1.82) is 5.26 Å². The Balaban J connectivity index is 1.31. The Morgan fingerprint density at radius 1 is 1.02 bits per heavy atom. The number of fused-ring (bicyclic) bond motifs is 1. The Kier molecular flexibility index (Phi) is 7.67. The number of pyridine rings is 1. The number of ether oxygens (including phenoxy) is 3. The number of carbonyl (C=O) groups excluding carboxylic acids is 1. The summed E-state index contributed by atoms with van der Waals surface area (Å²) in [5.74, 6) is 1.22. The van der Waals surface area contributed by atoms with Crippen LogP contribution in [-0.4, -0.2) is 55.3 Å². The Hall–Kier alpha value is -3.93. The van der Waals surface area contributed by atoms with Crippen molar-refractivity contribution in [3.8, 4) is 39.1 Å². The number of hydrogen-bond donors (Lipinski definition) is 0. The van der Waals surface area contributed by atoms with E-state index in [1.54, 1.807) is 24.6 Å². The quantitative estimate of drug-likeness (QED) is 0.264. The number of piperidine rings is 1. The Morgan fingerprint density at radius 3 is 2.60 bits per heavy atom. The molecule has 2 aromatic heterocycles. The van der Waals surface area contributed by atoms with Gasteiger partial charge in [0.25, 0.3) is 5.91 Å². The molecule has 0 unspecified atom stereocenters. The predicted octanol–water partition coefficient (Wildman–Crippen LogP) is 6.69. The SMILES string of the molecule is COc1cc(-c2cc3nccc(-c4ccc(OC5CCOCC5)c(C#N)c4)c3s2)ccc1C(=O)N1CCCCC1. The number of nitrogens with zero attached hydrogens (tertiary/aromatic N) is 3. The first-order valence-electron chi connectivity index (χ1n) is 13.8. The highest BCUT2D eigenvalue weighted by Gasteiger charge is 2.23. The minimum Gasteiger partial charge on any atom is -0.496 e. The van der Waals surface area contributed by atoms with E-state index >= 15 is 0 Å². The van der Waals surface area contributed by atoms with Gasteiger partial charge in [0, 0.05) is 42.6 Å². The first-order chi connectivity index (χ1) is 19.6. The maximum atomic E-state index is 13.2. The summed E-state index contributed by atoms with van der Waals surface area (Å²) < 4.78 is 18.3. The van der Waals surface area contributed by atoms with Gasteiger partial charge in [-0.05, 0) is 66.8 Å². The molecule has 2 fully saturated rings. The molecule has 2 saturated heterocycles. The molecule has 204 valence electrons. The second-order valence-electron chi connectivity index (χ2n) is 10.2. The van der Waals surface area contributed by atoms with Crippen molar-refractivity contribution in [1.82, 2.24) is 9.88 Å². The zero-order valence-electron chi connectivity index (χ0n) is 22.5. The minimum atomic E-state index is 0.0286. The molecule has 2 aromatic carbocycles. The van der Waals surface area contributed by atoms with Gasteiger partial charge in [0.05, 0.1) is 41.7 Å². The Bertz CT molecular complexity index is 1580. The highest BCUT2D eigenvalue weighted by atomic mass is 32.1. The number of nitriles is 1. The molecule has 2 aliphatic rings. The molecule has 0 atom stereocenters. The predicted molar refractivity (Wildman–Crippen MR) is 156 cm³/mol. The summed E-state index contributed by atoms with van der Waals surface area (Å²) in [5.41, 5.74) is 4.92. The molecule has 1 amide bonds. The van der Waals surface area contributed by atoms with E-state index in [0.717, 1.165) is 70.6 Å². The van der Waals surface area contributed by atoms with Crippen LogP contribution in [0.3, 0.4) is 0 Å². The van der Waals surface area contributed by atoms with E-state index in [2.05, 4.69) is 17.1 Å². The third-order valence-corrected chi connectivity index (χ3v) is 8.85. The van der Waals surface area contributed by atoms with Crippen LogP contribution in [0.1, 0.15) is 48.0 Å². The third kappa shape index (κ3) is 5.27. The fourth-order valence-electron chi connectivity index (χ4n) is 5.46. The average molecular weight is 554 g/mol. The number of thiophene rings is 1. The van der Waals surface area contributed by atoms with Gasteiger partial charge >= 0.3 is 0 Å². The van der Waals surface area contributed by atoms with E-state index in [1.807, 2.05) is 47.4 Å². The normalized spacial score (nSPS) is 16.1. The van der Waals surface area contributed by atoms with Crippen molar-refractivity contribution >= 4 is 27.5 Å². The van der Waals surface area contributed by atoms with E-state index in [1.165, 1.54) is 6.42 Å². The number of hydrogen-bond acceptors (Lipinski definition) is 7. The molecular weight excluding hydrogens is 522 g/mol. The molecule has 0 bridgehead atoms. The molecule has 0 saturated carbocycles. The molecule has 6 rings (SSSR count). The lowest BCUT2D eigenvalue weighted by atomic mass is 10.0. The van der Waals surface area contributed by atoms with Gasteiger partial charge in [0.15, 0.2) is 0 Å². The van der Waals surface area contributed by atoms with Gasteiger partial charge in [-0.25, -0.2) is 0 Å². The number of carbonyl (C=O) groups is 1. The van der Waals surface area contributed by atoms with Gasteiger partial charge in [-0.3, -0.25) is 9.78 Å². The zero-order valence-corrected chi connectivity index (χ0v) is 23.3. The van der Waals surface area contributed by atoms with Crippen molar-refractivity contribution in [3.05, 3.63) is 65.9 Å². The van der Waals surface area contributed by atoms with Crippen LogP contribution in [0.5, 0.6) is 11.5 Å². The monoisotopic (exact) mass is 553 g/mol. The first kappa shape index (κ1) is 26.3. The molecule has 0 spiro atoms. The number of rotatable bonds is 6. The van der Waals surface area contributed by atoms with Gasteiger partial charge in [-0.15, -0.1) is 11.3 Å². The van der Waals surface area contributed by atoms with Crippen molar-refractivity contribution in [2.45, 2.75) is 38.2 Å². The van der Waals surface area contributed by atoms with Crippen LogP contribution in [0.25, 0.3) is 31.8 Å². The van der Waals surface area contributed by atoms with Crippen LogP contribution in [0.2, 0.25) is 0 Å². The van der Waals surface area contributed by atoms with E-state index in [9.17, 15) is 10.1 Å². The number of benzene rings is 2. The average Bonchev–Trinajstić information content (AvgIpc) is 3.46. The number of likely N-dealkylation sites (tertiary alicyclic amines) is 1. The summed E-state index contributed by atoms with van der Waals surface area (Å²) >= 11 is 1.64. The number of methoxy groups -OCH3 is 1. The standard InChI is InChI=1S/C32H31N3O4S/c1-37-29-18-22(5-7-26(29)32(36)35-13-3-2-4-14-35)30-19-27-31(40-30)25(9-12-34-27)21-6-8-28(23(17-21)20-33)39-24-10-15-38-16-11-24/h5-9,12,17-19,24H,2-4,10-11,13-16H2,1H3. The molecule has 0 N–H and O–H groups in total. The van der Waals surface area contributed by atoms with Crippen LogP contribution in [0, 0.1) is 11.3 Å². The molecule has 40 heavy (non-hydrogen) atoms. The van der Waals surface area contributed by atoms with Crippen molar-refractivity contribution in [2.24, 2.45) is 0 Å². The lowest BCUT2D eigenvalue weighted by Crippen LogP contribution is -2.35. The molecule has 4 heterocycles. The second-order valence-corrected chi connectivity index (χ2v) is 11.3. The molecule has 0 aliphatic carbocycles. The molecular formula is C32H31N3O4S. The van der Waals surface area contributed by atoms with Crippen molar-refractivity contribution in [3.63, 3.8) is 0 Å². The highest BCUT2D eigenvalue weighted by molar-refractivity contribution is 7.22. The molecule has 4 aromatic rings. The van der Waals surface area contributed by atoms with Gasteiger partial charge in [-0.2, -0.15) is 5.26 Å². The van der Waals surface area contributed by atoms with Crippen LogP contribution in [0.15, 0.2) is 54.7 Å². The highest BCUT2D eigenvalue weighted by Crippen LogP contribution is 2.40. The summed E-state index contributed by atoms with van der Waals surface area (Å²) in [6.45, 7) is 2.96. The first-order valence-corrected chi connectivity index (χ1v) is 14.6. The number of amides is 1. The number of aromatic nitrogens is 1. The summed E-state index contributed by atoms with van der Waals surface area (Å²) in [7, 11) is 1.61. The van der Waals surface area contributed by atoms with Crippen LogP contribution in [-0.2, 0) is 4.74 Å². The lowest BCUT2D eigenvalue weighted by molar-refractivity contribution is 0.0254. The summed E-state index contributed by atoms with van der Waals surface area (Å²) in [5, 5.41) is 9.88.